The molecule has 172 valence electrons. The van der Waals surface area contributed by atoms with Crippen LogP contribution in [0.15, 0.2) is 54.7 Å². The van der Waals surface area contributed by atoms with E-state index in [1.807, 2.05) is 36.4 Å². The lowest BCUT2D eigenvalue weighted by atomic mass is 9.98. The number of carbonyl (C=O) groups excluding carboxylic acids is 2. The Morgan fingerprint density at radius 3 is 2.38 bits per heavy atom. The van der Waals surface area contributed by atoms with E-state index < -0.39 is 24.0 Å². The van der Waals surface area contributed by atoms with Crippen molar-refractivity contribution in [3.8, 4) is 23.0 Å². The second-order valence-corrected chi connectivity index (χ2v) is 8.51. The quantitative estimate of drug-likeness (QED) is 0.443. The highest BCUT2D eigenvalue weighted by Gasteiger charge is 2.29. The third-order valence-corrected chi connectivity index (χ3v) is 6.28. The van der Waals surface area contributed by atoms with Crippen LogP contribution >= 0.6 is 11.3 Å². The average Bonchev–Trinajstić information content (AvgIpc) is 3.43. The molecule has 0 radical (unpaired) electrons. The van der Waals surface area contributed by atoms with E-state index in [1.165, 1.54) is 6.20 Å². The van der Waals surface area contributed by atoms with Crippen LogP contribution in [0.4, 0.5) is 9.93 Å². The number of aromatic nitrogens is 1. The number of nitrogens with zero attached hydrogens (tertiary/aromatic N) is 1. The van der Waals surface area contributed by atoms with E-state index in [0.717, 1.165) is 33.6 Å². The van der Waals surface area contributed by atoms with Crippen LogP contribution in [-0.4, -0.2) is 40.7 Å². The largest absolute Gasteiger partial charge is 0.480 e. The van der Waals surface area contributed by atoms with Crippen LogP contribution in [0.25, 0.3) is 11.1 Å². The Bertz CT molecular complexity index is 1260. The Hall–Kier alpha value is -4.16. The third-order valence-electron chi connectivity index (χ3n) is 5.37. The number of thiazole rings is 1. The highest BCUT2D eigenvalue weighted by Crippen LogP contribution is 2.44. The molecule has 1 aromatic heterocycles. The molecule has 1 heterocycles. The normalized spacial score (nSPS) is 12.5. The lowest BCUT2D eigenvalue weighted by Crippen LogP contribution is -2.40. The van der Waals surface area contributed by atoms with Crippen molar-refractivity contribution in [1.82, 2.24) is 10.3 Å². The molecule has 34 heavy (non-hydrogen) atoms. The van der Waals surface area contributed by atoms with Crippen LogP contribution in [0.1, 0.15) is 40.1 Å². The molecule has 0 fully saturated rings. The van der Waals surface area contributed by atoms with Crippen molar-refractivity contribution in [3.63, 3.8) is 0 Å². The number of hydrogen-bond donors (Lipinski definition) is 3. The molecule has 0 spiro atoms. The Labute approximate surface area is 200 Å². The maximum absolute atomic E-state index is 12.4. The van der Waals surface area contributed by atoms with Crippen molar-refractivity contribution in [2.75, 3.05) is 11.9 Å². The summed E-state index contributed by atoms with van der Waals surface area (Å²) in [7, 11) is 0. The minimum Gasteiger partial charge on any atom is -0.480 e. The summed E-state index contributed by atoms with van der Waals surface area (Å²) in [5, 5.41) is 14.3. The second kappa shape index (κ2) is 10.2. The molecular formula is C25H21N3O5S. The van der Waals surface area contributed by atoms with Gasteiger partial charge in [-0.2, -0.15) is 0 Å². The molecule has 0 aliphatic heterocycles. The number of nitrogens with one attached hydrogen (secondary N) is 2. The molecule has 0 bridgehead atoms. The van der Waals surface area contributed by atoms with E-state index in [9.17, 15) is 19.5 Å². The second-order valence-electron chi connectivity index (χ2n) is 7.48. The van der Waals surface area contributed by atoms with Gasteiger partial charge in [-0.1, -0.05) is 59.9 Å². The van der Waals surface area contributed by atoms with Crippen LogP contribution in [0.2, 0.25) is 0 Å². The third kappa shape index (κ3) is 4.92. The first-order chi connectivity index (χ1) is 16.5. The van der Waals surface area contributed by atoms with Crippen molar-refractivity contribution >= 4 is 34.4 Å². The summed E-state index contributed by atoms with van der Waals surface area (Å²) in [4.78, 5) is 40.2. The topological polar surface area (TPSA) is 118 Å². The number of anilines is 1. The summed E-state index contributed by atoms with van der Waals surface area (Å²) < 4.78 is 5.48. The first-order valence-electron chi connectivity index (χ1n) is 10.5. The van der Waals surface area contributed by atoms with Crippen molar-refractivity contribution in [2.24, 2.45) is 0 Å². The number of rotatable bonds is 7. The minimum absolute atomic E-state index is 0.0127. The molecule has 1 unspecified atom stereocenters. The van der Waals surface area contributed by atoms with Crippen LogP contribution < -0.4 is 10.6 Å². The fourth-order valence-corrected chi connectivity index (χ4v) is 4.50. The molecule has 9 heteroatoms. The highest BCUT2D eigenvalue weighted by molar-refractivity contribution is 7.17. The van der Waals surface area contributed by atoms with Crippen LogP contribution in [0.5, 0.6) is 0 Å². The zero-order valence-electron chi connectivity index (χ0n) is 18.2. The predicted molar refractivity (Wildman–Crippen MR) is 128 cm³/mol. The number of carboxylic acids is 1. The number of ether oxygens (including phenoxy) is 1. The van der Waals surface area contributed by atoms with Gasteiger partial charge in [0.25, 0.3) is 5.91 Å². The summed E-state index contributed by atoms with van der Waals surface area (Å²) in [6, 6.07) is 14.9. The summed E-state index contributed by atoms with van der Waals surface area (Å²) in [6.45, 7) is 1.74. The fourth-order valence-electron chi connectivity index (χ4n) is 3.79. The van der Waals surface area contributed by atoms with Gasteiger partial charge in [0, 0.05) is 12.3 Å². The van der Waals surface area contributed by atoms with Gasteiger partial charge in [-0.3, -0.25) is 10.1 Å². The molecule has 3 aromatic rings. The van der Waals surface area contributed by atoms with Gasteiger partial charge in [-0.05, 0) is 29.2 Å². The molecule has 1 atom stereocenters. The molecule has 1 aliphatic carbocycles. The molecule has 8 nitrogen and oxygen atoms in total. The maximum Gasteiger partial charge on any atom is 0.413 e. The van der Waals surface area contributed by atoms with Gasteiger partial charge in [0.15, 0.2) is 5.13 Å². The Morgan fingerprint density at radius 2 is 1.76 bits per heavy atom. The zero-order valence-corrected chi connectivity index (χ0v) is 19.0. The molecular weight excluding hydrogens is 454 g/mol. The average molecular weight is 476 g/mol. The Balaban J connectivity index is 1.36. The van der Waals surface area contributed by atoms with Gasteiger partial charge in [0.1, 0.15) is 17.5 Å². The van der Waals surface area contributed by atoms with E-state index in [1.54, 1.807) is 6.92 Å². The van der Waals surface area contributed by atoms with Crippen LogP contribution in [-0.2, 0) is 9.53 Å². The Kier molecular flexibility index (Phi) is 6.90. The van der Waals surface area contributed by atoms with Crippen molar-refractivity contribution in [3.05, 3.63) is 70.7 Å². The molecule has 4 rings (SSSR count). The molecule has 0 saturated carbocycles. The van der Waals surface area contributed by atoms with Gasteiger partial charge in [-0.15, -0.1) is 11.8 Å². The van der Waals surface area contributed by atoms with Gasteiger partial charge in [-0.25, -0.2) is 14.6 Å². The van der Waals surface area contributed by atoms with Gasteiger partial charge >= 0.3 is 12.1 Å². The number of carboxylic acid groups (broad SMARTS) is 1. The SMILES string of the molecule is CC#CCC(NC(=O)c1cnc(NC(=O)OCC2c3ccccc3-c3ccccc32)s1)C(=O)O. The number of aliphatic carboxylic acids is 1. The molecule has 1 aliphatic rings. The van der Waals surface area contributed by atoms with E-state index in [-0.39, 0.29) is 29.0 Å². The predicted octanol–water partition coefficient (Wildman–Crippen LogP) is 4.10. The van der Waals surface area contributed by atoms with Crippen LogP contribution in [0.3, 0.4) is 0 Å². The van der Waals surface area contributed by atoms with Crippen molar-refractivity contribution in [2.45, 2.75) is 25.3 Å². The lowest BCUT2D eigenvalue weighted by molar-refractivity contribution is -0.139. The number of fused-ring (bicyclic) bond motifs is 3. The number of carbonyl (C=O) groups is 3. The van der Waals surface area contributed by atoms with E-state index in [2.05, 4.69) is 39.6 Å². The lowest BCUT2D eigenvalue weighted by Gasteiger charge is -2.14. The number of benzene rings is 2. The maximum atomic E-state index is 12.4. The molecule has 3 N–H and O–H groups in total. The monoisotopic (exact) mass is 475 g/mol. The summed E-state index contributed by atoms with van der Waals surface area (Å²) in [5.74, 6) is 3.37. The van der Waals surface area contributed by atoms with Crippen molar-refractivity contribution in [1.29, 1.82) is 0 Å². The summed E-state index contributed by atoms with van der Waals surface area (Å²) in [5.41, 5.74) is 4.47. The standard InChI is InChI=1S/C25H21N3O5S/c1-2-3-12-20(23(30)31)27-22(29)21-13-26-24(34-21)28-25(32)33-14-19-17-10-6-4-8-15(17)16-9-5-7-11-18(16)19/h4-11,13,19-20H,12,14H2,1H3,(H,27,29)(H,30,31)(H,26,28,32). The van der Waals surface area contributed by atoms with Crippen LogP contribution in [0, 0.1) is 11.8 Å². The van der Waals surface area contributed by atoms with Gasteiger partial charge in [0.2, 0.25) is 0 Å². The molecule has 2 aromatic carbocycles. The minimum atomic E-state index is -1.18. The van der Waals surface area contributed by atoms with Gasteiger partial charge < -0.3 is 15.2 Å². The van der Waals surface area contributed by atoms with Gasteiger partial charge in [0.05, 0.1) is 6.20 Å². The zero-order chi connectivity index (χ0) is 24.1. The number of amides is 2. The molecule has 0 saturated heterocycles. The first kappa shape index (κ1) is 23.0. The van der Waals surface area contributed by atoms with E-state index >= 15 is 0 Å². The fraction of sp³-hybridized carbons (Fsp3) is 0.200. The summed E-state index contributed by atoms with van der Waals surface area (Å²) in [6.07, 6.45) is 0.565. The van der Waals surface area contributed by atoms with E-state index in [4.69, 9.17) is 4.74 Å². The number of hydrogen-bond acceptors (Lipinski definition) is 6. The highest BCUT2D eigenvalue weighted by atomic mass is 32.1. The summed E-state index contributed by atoms with van der Waals surface area (Å²) >= 11 is 0.918. The van der Waals surface area contributed by atoms with Crippen molar-refractivity contribution < 1.29 is 24.2 Å². The Morgan fingerprint density at radius 1 is 1.12 bits per heavy atom. The smallest absolute Gasteiger partial charge is 0.413 e. The first-order valence-corrected chi connectivity index (χ1v) is 11.3. The van der Waals surface area contributed by atoms with E-state index in [0.29, 0.717) is 0 Å². The molecule has 2 amide bonds.